The Hall–Kier alpha value is -2.41. The van der Waals surface area contributed by atoms with Crippen molar-refractivity contribution in [2.75, 3.05) is 19.7 Å². The van der Waals surface area contributed by atoms with Crippen LogP contribution in [0.4, 0.5) is 0 Å². The summed E-state index contributed by atoms with van der Waals surface area (Å²) in [6, 6.07) is 8.13. The van der Waals surface area contributed by atoms with Crippen molar-refractivity contribution >= 4 is 5.91 Å². The normalized spacial score (nSPS) is 15.0. The van der Waals surface area contributed by atoms with Gasteiger partial charge in [0, 0.05) is 12.1 Å². The lowest BCUT2D eigenvalue weighted by Crippen LogP contribution is -2.30. The summed E-state index contributed by atoms with van der Waals surface area (Å²) in [5.74, 6) is 1.21. The SMILES string of the molecule is Cc1c(C(=O)NCc2ccccc2OCCC(C)C)nnn1C1CCNCC1. The van der Waals surface area contributed by atoms with Crippen LogP contribution in [0.5, 0.6) is 5.75 Å². The largest absolute Gasteiger partial charge is 0.493 e. The number of piperidine rings is 1. The third-order valence-corrected chi connectivity index (χ3v) is 5.16. The highest BCUT2D eigenvalue weighted by Gasteiger charge is 2.22. The second kappa shape index (κ2) is 9.68. The molecule has 1 aromatic carbocycles. The summed E-state index contributed by atoms with van der Waals surface area (Å²) in [4.78, 5) is 12.7. The maximum Gasteiger partial charge on any atom is 0.274 e. The Kier molecular flexibility index (Phi) is 7.03. The Labute approximate surface area is 166 Å². The molecule has 0 radical (unpaired) electrons. The summed E-state index contributed by atoms with van der Waals surface area (Å²) in [5, 5.41) is 14.7. The van der Waals surface area contributed by atoms with Crippen LogP contribution in [0, 0.1) is 12.8 Å². The van der Waals surface area contributed by atoms with Crippen LogP contribution in [-0.4, -0.2) is 40.6 Å². The zero-order valence-corrected chi connectivity index (χ0v) is 17.1. The first kappa shape index (κ1) is 20.3. The molecule has 2 heterocycles. The molecule has 7 heteroatoms. The molecule has 1 aliphatic rings. The summed E-state index contributed by atoms with van der Waals surface area (Å²) < 4.78 is 7.81. The molecule has 0 aliphatic carbocycles. The Bertz CT molecular complexity index is 781. The van der Waals surface area contributed by atoms with E-state index in [1.165, 1.54) is 0 Å². The molecule has 28 heavy (non-hydrogen) atoms. The van der Waals surface area contributed by atoms with Crippen LogP contribution < -0.4 is 15.4 Å². The molecule has 3 rings (SSSR count). The van der Waals surface area contributed by atoms with E-state index in [4.69, 9.17) is 4.74 Å². The third kappa shape index (κ3) is 5.10. The number of carbonyl (C=O) groups excluding carboxylic acids is 1. The number of hydrogen-bond acceptors (Lipinski definition) is 5. The van der Waals surface area contributed by atoms with Crippen LogP contribution in [0.3, 0.4) is 0 Å². The number of hydrogen-bond donors (Lipinski definition) is 2. The maximum absolute atomic E-state index is 12.7. The topological polar surface area (TPSA) is 81.1 Å². The second-order valence-electron chi connectivity index (χ2n) is 7.77. The molecule has 7 nitrogen and oxygen atoms in total. The number of ether oxygens (including phenoxy) is 1. The Morgan fingerprint density at radius 1 is 1.32 bits per heavy atom. The molecule has 1 saturated heterocycles. The number of nitrogens with one attached hydrogen (secondary N) is 2. The molecule has 0 saturated carbocycles. The van der Waals surface area contributed by atoms with Gasteiger partial charge >= 0.3 is 0 Å². The first-order valence-corrected chi connectivity index (χ1v) is 10.2. The van der Waals surface area contributed by atoms with Gasteiger partial charge in [0.2, 0.25) is 0 Å². The first-order chi connectivity index (χ1) is 13.6. The lowest BCUT2D eigenvalue weighted by Gasteiger charge is -2.23. The maximum atomic E-state index is 12.7. The zero-order valence-electron chi connectivity index (χ0n) is 17.1. The monoisotopic (exact) mass is 385 g/mol. The summed E-state index contributed by atoms with van der Waals surface area (Å²) in [6.07, 6.45) is 3.01. The molecule has 0 atom stereocenters. The summed E-state index contributed by atoms with van der Waals surface area (Å²) >= 11 is 0. The summed E-state index contributed by atoms with van der Waals surface area (Å²) in [7, 11) is 0. The molecule has 1 aliphatic heterocycles. The molecular weight excluding hydrogens is 354 g/mol. The van der Waals surface area contributed by atoms with Crippen molar-refractivity contribution in [3.05, 3.63) is 41.2 Å². The lowest BCUT2D eigenvalue weighted by atomic mass is 10.1. The average Bonchev–Trinajstić information content (AvgIpc) is 3.09. The van der Waals surface area contributed by atoms with Gasteiger partial charge in [-0.15, -0.1) is 5.10 Å². The molecule has 0 spiro atoms. The highest BCUT2D eigenvalue weighted by atomic mass is 16.5. The van der Waals surface area contributed by atoms with Crippen LogP contribution in [0.25, 0.3) is 0 Å². The Morgan fingerprint density at radius 2 is 2.07 bits per heavy atom. The minimum Gasteiger partial charge on any atom is -0.493 e. The fourth-order valence-corrected chi connectivity index (χ4v) is 3.40. The number of rotatable bonds is 8. The summed E-state index contributed by atoms with van der Waals surface area (Å²) in [6.45, 7) is 9.28. The Morgan fingerprint density at radius 3 is 2.82 bits per heavy atom. The minimum absolute atomic E-state index is 0.199. The van der Waals surface area contributed by atoms with E-state index in [0.717, 1.165) is 49.4 Å². The molecule has 0 unspecified atom stereocenters. The second-order valence-corrected chi connectivity index (χ2v) is 7.77. The zero-order chi connectivity index (χ0) is 19.9. The fourth-order valence-electron chi connectivity index (χ4n) is 3.40. The molecule has 2 N–H and O–H groups in total. The van der Waals surface area contributed by atoms with E-state index < -0.39 is 0 Å². The van der Waals surface area contributed by atoms with Crippen LogP contribution in [0.1, 0.15) is 60.9 Å². The van der Waals surface area contributed by atoms with E-state index >= 15 is 0 Å². The molecule has 2 aromatic rings. The van der Waals surface area contributed by atoms with Crippen LogP contribution >= 0.6 is 0 Å². The van der Waals surface area contributed by atoms with Gasteiger partial charge in [-0.25, -0.2) is 4.68 Å². The van der Waals surface area contributed by atoms with Crippen molar-refractivity contribution in [2.24, 2.45) is 5.92 Å². The van der Waals surface area contributed by atoms with Crippen molar-refractivity contribution in [1.82, 2.24) is 25.6 Å². The van der Waals surface area contributed by atoms with E-state index in [2.05, 4.69) is 34.8 Å². The van der Waals surface area contributed by atoms with Gasteiger partial charge in [0.25, 0.3) is 5.91 Å². The van der Waals surface area contributed by atoms with Gasteiger partial charge in [-0.1, -0.05) is 37.3 Å². The molecular formula is C21H31N5O2. The predicted molar refractivity (Wildman–Crippen MR) is 108 cm³/mol. The number of carbonyl (C=O) groups is 1. The molecule has 1 fully saturated rings. The smallest absolute Gasteiger partial charge is 0.274 e. The lowest BCUT2D eigenvalue weighted by molar-refractivity contribution is 0.0945. The quantitative estimate of drug-likeness (QED) is 0.730. The van der Waals surface area contributed by atoms with Crippen LogP contribution in [-0.2, 0) is 6.54 Å². The van der Waals surface area contributed by atoms with Crippen molar-refractivity contribution < 1.29 is 9.53 Å². The van der Waals surface area contributed by atoms with Gasteiger partial charge in [0.15, 0.2) is 5.69 Å². The van der Waals surface area contributed by atoms with Gasteiger partial charge in [0.05, 0.1) is 18.3 Å². The first-order valence-electron chi connectivity index (χ1n) is 10.2. The summed E-state index contributed by atoms with van der Waals surface area (Å²) in [5.41, 5.74) is 2.19. The van der Waals surface area contributed by atoms with E-state index in [0.29, 0.717) is 30.8 Å². The third-order valence-electron chi connectivity index (χ3n) is 5.16. The average molecular weight is 386 g/mol. The van der Waals surface area contributed by atoms with E-state index in [1.807, 2.05) is 35.9 Å². The van der Waals surface area contributed by atoms with E-state index in [-0.39, 0.29) is 5.91 Å². The van der Waals surface area contributed by atoms with Crippen LogP contribution in [0.15, 0.2) is 24.3 Å². The standard InChI is InChI=1S/C21H31N5O2/c1-15(2)10-13-28-19-7-5-4-6-17(19)14-23-21(27)20-16(3)26(25-24-20)18-8-11-22-12-9-18/h4-7,15,18,22H,8-14H2,1-3H3,(H,23,27). The van der Waals surface area contributed by atoms with Crippen LogP contribution in [0.2, 0.25) is 0 Å². The van der Waals surface area contributed by atoms with Gasteiger partial charge in [-0.2, -0.15) is 0 Å². The van der Waals surface area contributed by atoms with E-state index in [9.17, 15) is 4.79 Å². The highest BCUT2D eigenvalue weighted by molar-refractivity contribution is 5.93. The van der Waals surface area contributed by atoms with Gasteiger partial charge in [0.1, 0.15) is 5.75 Å². The predicted octanol–water partition coefficient (Wildman–Crippen LogP) is 2.87. The number of para-hydroxylation sites is 1. The van der Waals surface area contributed by atoms with Gasteiger partial charge < -0.3 is 15.4 Å². The molecule has 1 aromatic heterocycles. The number of benzene rings is 1. The molecule has 152 valence electrons. The Balaban J connectivity index is 1.61. The van der Waals surface area contributed by atoms with Crippen molar-refractivity contribution in [1.29, 1.82) is 0 Å². The number of aromatic nitrogens is 3. The van der Waals surface area contributed by atoms with E-state index in [1.54, 1.807) is 0 Å². The number of nitrogens with zero attached hydrogens (tertiary/aromatic N) is 3. The fraction of sp³-hybridized carbons (Fsp3) is 0.571. The molecule has 0 bridgehead atoms. The van der Waals surface area contributed by atoms with Crippen molar-refractivity contribution in [3.8, 4) is 5.75 Å². The molecule has 1 amide bonds. The van der Waals surface area contributed by atoms with Gasteiger partial charge in [-0.3, -0.25) is 4.79 Å². The number of amides is 1. The highest BCUT2D eigenvalue weighted by Crippen LogP contribution is 2.21. The van der Waals surface area contributed by atoms with Crippen molar-refractivity contribution in [3.63, 3.8) is 0 Å². The minimum atomic E-state index is -0.199. The van der Waals surface area contributed by atoms with Gasteiger partial charge in [-0.05, 0) is 51.3 Å². The van der Waals surface area contributed by atoms with Crippen molar-refractivity contribution in [2.45, 2.75) is 52.6 Å².